The molecule has 0 radical (unpaired) electrons. The predicted molar refractivity (Wildman–Crippen MR) is 108 cm³/mol. The van der Waals surface area contributed by atoms with Crippen LogP contribution in [0.3, 0.4) is 0 Å². The van der Waals surface area contributed by atoms with E-state index in [1.807, 2.05) is 24.4 Å². The van der Waals surface area contributed by atoms with Crippen LogP contribution in [-0.2, 0) is 11.2 Å². The number of benzene rings is 2. The van der Waals surface area contributed by atoms with Crippen LogP contribution in [0.4, 0.5) is 4.39 Å². The summed E-state index contributed by atoms with van der Waals surface area (Å²) in [7, 11) is 0. The number of amides is 1. The fourth-order valence-corrected chi connectivity index (χ4v) is 3.54. The molecule has 1 heterocycles. The fraction of sp³-hybridized carbons (Fsp3) is 0.348. The van der Waals surface area contributed by atoms with Crippen LogP contribution in [0.5, 0.6) is 0 Å². The van der Waals surface area contributed by atoms with Crippen LogP contribution in [0.2, 0.25) is 0 Å². The number of halogens is 1. The Morgan fingerprint density at radius 1 is 1.11 bits per heavy atom. The van der Waals surface area contributed by atoms with Crippen LogP contribution in [0.25, 0.3) is 10.9 Å². The molecule has 0 aliphatic heterocycles. The molecule has 142 valence electrons. The highest BCUT2D eigenvalue weighted by Gasteiger charge is 2.24. The Bertz CT molecular complexity index is 929. The van der Waals surface area contributed by atoms with Crippen LogP contribution in [0.1, 0.15) is 49.8 Å². The van der Waals surface area contributed by atoms with Crippen LogP contribution in [-0.4, -0.2) is 17.4 Å². The zero-order valence-electron chi connectivity index (χ0n) is 16.2. The first kappa shape index (κ1) is 19.2. The molecule has 1 atom stereocenters. The van der Waals surface area contributed by atoms with E-state index in [0.29, 0.717) is 18.0 Å². The molecular weight excluding hydrogens is 339 g/mol. The number of para-hydroxylation sites is 1. The van der Waals surface area contributed by atoms with E-state index < -0.39 is 0 Å². The van der Waals surface area contributed by atoms with Gasteiger partial charge in [-0.1, -0.05) is 57.2 Å². The molecule has 4 heteroatoms. The van der Waals surface area contributed by atoms with Crippen molar-refractivity contribution >= 4 is 16.8 Å². The van der Waals surface area contributed by atoms with Gasteiger partial charge in [0, 0.05) is 36.0 Å². The van der Waals surface area contributed by atoms with E-state index in [1.54, 1.807) is 12.1 Å². The van der Waals surface area contributed by atoms with Crippen molar-refractivity contribution in [2.45, 2.75) is 39.5 Å². The number of aryl methyl sites for hydroxylation is 1. The van der Waals surface area contributed by atoms with Crippen molar-refractivity contribution in [3.05, 3.63) is 71.2 Å². The smallest absolute Gasteiger partial charge is 0.220 e. The summed E-state index contributed by atoms with van der Waals surface area (Å²) < 4.78 is 14.6. The van der Waals surface area contributed by atoms with Crippen molar-refractivity contribution < 1.29 is 9.18 Å². The van der Waals surface area contributed by atoms with Gasteiger partial charge in [-0.05, 0) is 35.1 Å². The van der Waals surface area contributed by atoms with Crippen molar-refractivity contribution in [3.63, 3.8) is 0 Å². The summed E-state index contributed by atoms with van der Waals surface area (Å²) in [6.07, 6.45) is 3.06. The van der Waals surface area contributed by atoms with Gasteiger partial charge in [0.05, 0.1) is 0 Å². The molecule has 3 aromatic rings. The molecule has 0 saturated heterocycles. The number of carbonyl (C=O) groups excluding carboxylic acids is 1. The maximum Gasteiger partial charge on any atom is 0.220 e. The maximum atomic E-state index is 14.6. The Kier molecular flexibility index (Phi) is 5.94. The third-order valence-electron chi connectivity index (χ3n) is 4.97. The van der Waals surface area contributed by atoms with Gasteiger partial charge < -0.3 is 10.3 Å². The Balaban J connectivity index is 2.03. The maximum absolute atomic E-state index is 14.6. The number of rotatable bonds is 7. The molecule has 0 aliphatic rings. The average Bonchev–Trinajstić information content (AvgIpc) is 3.09. The van der Waals surface area contributed by atoms with E-state index in [4.69, 9.17) is 0 Å². The van der Waals surface area contributed by atoms with Crippen molar-refractivity contribution in [1.29, 1.82) is 0 Å². The topological polar surface area (TPSA) is 44.9 Å². The first-order valence-electron chi connectivity index (χ1n) is 9.61. The van der Waals surface area contributed by atoms with Gasteiger partial charge >= 0.3 is 0 Å². The molecule has 0 saturated carbocycles. The van der Waals surface area contributed by atoms with Gasteiger partial charge in [0.2, 0.25) is 5.91 Å². The summed E-state index contributed by atoms with van der Waals surface area (Å²) in [6, 6.07) is 12.9. The van der Waals surface area contributed by atoms with E-state index in [-0.39, 0.29) is 24.1 Å². The van der Waals surface area contributed by atoms with E-state index in [9.17, 15) is 9.18 Å². The summed E-state index contributed by atoms with van der Waals surface area (Å²) >= 11 is 0. The number of nitrogens with one attached hydrogen (secondary N) is 2. The van der Waals surface area contributed by atoms with E-state index in [0.717, 1.165) is 22.9 Å². The molecule has 0 aliphatic carbocycles. The number of hydrogen-bond donors (Lipinski definition) is 2. The molecule has 2 aromatic carbocycles. The number of aromatic nitrogens is 1. The second-order valence-corrected chi connectivity index (χ2v) is 7.41. The third-order valence-corrected chi connectivity index (χ3v) is 4.97. The highest BCUT2D eigenvalue weighted by atomic mass is 19.1. The van der Waals surface area contributed by atoms with Gasteiger partial charge in [-0.15, -0.1) is 0 Å². The number of fused-ring (bicyclic) bond motifs is 1. The van der Waals surface area contributed by atoms with Crippen molar-refractivity contribution in [2.75, 3.05) is 6.54 Å². The number of aromatic amines is 1. The Labute approximate surface area is 160 Å². The molecule has 3 rings (SSSR count). The number of carbonyl (C=O) groups is 1. The molecular formula is C23H27FN2O. The molecule has 2 N–H and O–H groups in total. The van der Waals surface area contributed by atoms with Gasteiger partial charge in [-0.3, -0.25) is 4.79 Å². The SMILES string of the molecule is CCc1cccc2c([C@@H](CC(=O)NCC(C)C)c3ccccc3F)c[nH]c12. The largest absolute Gasteiger partial charge is 0.361 e. The Hall–Kier alpha value is -2.62. The Morgan fingerprint density at radius 2 is 1.89 bits per heavy atom. The summed E-state index contributed by atoms with van der Waals surface area (Å²) in [6.45, 7) is 6.85. The molecule has 0 bridgehead atoms. The van der Waals surface area contributed by atoms with Gasteiger partial charge in [0.15, 0.2) is 0 Å². The summed E-state index contributed by atoms with van der Waals surface area (Å²) in [5.41, 5.74) is 3.80. The number of hydrogen-bond acceptors (Lipinski definition) is 1. The third kappa shape index (κ3) is 4.21. The lowest BCUT2D eigenvalue weighted by molar-refractivity contribution is -0.121. The lowest BCUT2D eigenvalue weighted by Gasteiger charge is -2.18. The first-order chi connectivity index (χ1) is 13.0. The highest BCUT2D eigenvalue weighted by molar-refractivity contribution is 5.88. The molecule has 27 heavy (non-hydrogen) atoms. The molecule has 1 amide bonds. The second kappa shape index (κ2) is 8.38. The molecule has 1 aromatic heterocycles. The molecule has 0 fully saturated rings. The van der Waals surface area contributed by atoms with Crippen LogP contribution < -0.4 is 5.32 Å². The normalized spacial score (nSPS) is 12.5. The lowest BCUT2D eigenvalue weighted by atomic mass is 9.87. The van der Waals surface area contributed by atoms with Gasteiger partial charge in [0.25, 0.3) is 0 Å². The van der Waals surface area contributed by atoms with E-state index >= 15 is 0 Å². The molecule has 3 nitrogen and oxygen atoms in total. The van der Waals surface area contributed by atoms with Gasteiger partial charge in [0.1, 0.15) is 5.82 Å². The first-order valence-corrected chi connectivity index (χ1v) is 9.61. The minimum absolute atomic E-state index is 0.0575. The van der Waals surface area contributed by atoms with E-state index in [2.05, 4.69) is 37.1 Å². The predicted octanol–water partition coefficient (Wildman–Crippen LogP) is 5.16. The van der Waals surface area contributed by atoms with Crippen molar-refractivity contribution in [2.24, 2.45) is 5.92 Å². The van der Waals surface area contributed by atoms with Crippen LogP contribution in [0, 0.1) is 11.7 Å². The van der Waals surface area contributed by atoms with Crippen LogP contribution in [0.15, 0.2) is 48.7 Å². The molecule has 0 spiro atoms. The second-order valence-electron chi connectivity index (χ2n) is 7.41. The van der Waals surface area contributed by atoms with Gasteiger partial charge in [-0.25, -0.2) is 4.39 Å². The Morgan fingerprint density at radius 3 is 2.59 bits per heavy atom. The zero-order chi connectivity index (χ0) is 19.4. The molecule has 0 unspecified atom stereocenters. The average molecular weight is 366 g/mol. The minimum Gasteiger partial charge on any atom is -0.361 e. The number of H-pyrrole nitrogens is 1. The fourth-order valence-electron chi connectivity index (χ4n) is 3.54. The summed E-state index contributed by atoms with van der Waals surface area (Å²) in [5.74, 6) is -0.293. The minimum atomic E-state index is -0.334. The zero-order valence-corrected chi connectivity index (χ0v) is 16.2. The quantitative estimate of drug-likeness (QED) is 0.596. The van der Waals surface area contributed by atoms with E-state index in [1.165, 1.54) is 11.6 Å². The van der Waals surface area contributed by atoms with Crippen molar-refractivity contribution in [3.8, 4) is 0 Å². The highest BCUT2D eigenvalue weighted by Crippen LogP contribution is 2.35. The standard InChI is InChI=1S/C23H27FN2O/c1-4-16-8-7-10-18-20(14-26-23(16)18)19(12-22(27)25-13-15(2)3)17-9-5-6-11-21(17)24/h5-11,14-15,19,26H,4,12-13H2,1-3H3,(H,25,27)/t19-/m0/s1. The van der Waals surface area contributed by atoms with Crippen LogP contribution >= 0.6 is 0 Å². The summed E-state index contributed by atoms with van der Waals surface area (Å²) in [5, 5.41) is 4.02. The van der Waals surface area contributed by atoms with Gasteiger partial charge in [-0.2, -0.15) is 0 Å². The lowest BCUT2D eigenvalue weighted by Crippen LogP contribution is -2.29. The monoisotopic (exact) mass is 366 g/mol. The summed E-state index contributed by atoms with van der Waals surface area (Å²) in [4.78, 5) is 15.9. The van der Waals surface area contributed by atoms with Crippen molar-refractivity contribution in [1.82, 2.24) is 10.3 Å².